The van der Waals surface area contributed by atoms with Crippen molar-refractivity contribution >= 4 is 17.7 Å². The number of benzene rings is 4. The third kappa shape index (κ3) is 4.81. The number of rotatable bonds is 6. The fourth-order valence-electron chi connectivity index (χ4n) is 7.23. The van der Waals surface area contributed by atoms with Crippen LogP contribution in [0.2, 0.25) is 0 Å². The number of ether oxygens (including phenoxy) is 2. The molecule has 0 saturated heterocycles. The van der Waals surface area contributed by atoms with E-state index < -0.39 is 87.6 Å². The van der Waals surface area contributed by atoms with Gasteiger partial charge in [0.25, 0.3) is 0 Å². The molecular formula is C34H25F12O5P. The minimum absolute atomic E-state index is 0.122. The number of alkyl halides is 12. The van der Waals surface area contributed by atoms with Crippen molar-refractivity contribution in [1.29, 1.82) is 0 Å². The van der Waals surface area contributed by atoms with Crippen LogP contribution in [0.1, 0.15) is 22.3 Å². The van der Waals surface area contributed by atoms with Crippen molar-refractivity contribution in [3.05, 3.63) is 119 Å². The Hall–Kier alpha value is -4.05. The van der Waals surface area contributed by atoms with E-state index in [9.17, 15) is 5.11 Å². The second-order valence-corrected chi connectivity index (χ2v) is 16.1. The van der Waals surface area contributed by atoms with Crippen LogP contribution in [-0.2, 0) is 25.9 Å². The van der Waals surface area contributed by atoms with Crippen LogP contribution in [0.15, 0.2) is 97.1 Å². The molecule has 0 bridgehead atoms. The van der Waals surface area contributed by atoms with Gasteiger partial charge in [-0.15, -0.1) is 0 Å². The molecule has 0 unspecified atom stereocenters. The molecule has 0 aromatic heterocycles. The summed E-state index contributed by atoms with van der Waals surface area (Å²) in [6, 6.07) is 13.7. The fraction of sp³-hybridized carbons (Fsp3) is 0.294. The molecular weight excluding hydrogens is 747 g/mol. The number of halogens is 12. The number of hydrogen-bond donors (Lipinski definition) is 1. The van der Waals surface area contributed by atoms with Gasteiger partial charge in [-0.2, -0.15) is 0 Å². The van der Waals surface area contributed by atoms with Gasteiger partial charge in [-0.05, 0) is 0 Å². The Bertz CT molecular complexity index is 1820. The first kappa shape index (κ1) is 37.7. The molecule has 2 heterocycles. The second kappa shape index (κ2) is 11.5. The van der Waals surface area contributed by atoms with Crippen molar-refractivity contribution in [2.24, 2.45) is 0 Å². The zero-order chi connectivity index (χ0) is 38.4. The van der Waals surface area contributed by atoms with Crippen LogP contribution in [0.4, 0.5) is 52.7 Å². The molecule has 0 fully saturated rings. The van der Waals surface area contributed by atoms with Crippen LogP contribution in [0, 0.1) is 0 Å². The molecule has 0 radical (unpaired) electrons. The average Bonchev–Trinajstić information content (AvgIpc) is 3.51. The second-order valence-electron chi connectivity index (χ2n) is 12.2. The Kier molecular flexibility index (Phi) is 8.32. The van der Waals surface area contributed by atoms with Crippen molar-refractivity contribution < 1.29 is 76.3 Å². The fourth-order valence-corrected chi connectivity index (χ4v) is 13.6. The summed E-state index contributed by atoms with van der Waals surface area (Å²) in [7, 11) is -4.89. The summed E-state index contributed by atoms with van der Waals surface area (Å²) in [5, 5.41) is 10.1. The van der Waals surface area contributed by atoms with E-state index in [4.69, 9.17) is 18.5 Å². The molecule has 0 amide bonds. The van der Waals surface area contributed by atoms with Gasteiger partial charge >= 0.3 is 287 Å². The molecule has 4 aromatic carbocycles. The van der Waals surface area contributed by atoms with Gasteiger partial charge in [-0.1, -0.05) is 0 Å². The predicted molar refractivity (Wildman–Crippen MR) is 163 cm³/mol. The third-order valence-electron chi connectivity index (χ3n) is 9.45. The van der Waals surface area contributed by atoms with Crippen LogP contribution in [-0.4, -0.2) is 50.2 Å². The molecule has 1 spiro atoms. The summed E-state index contributed by atoms with van der Waals surface area (Å²) in [4.78, 5) is 0. The van der Waals surface area contributed by atoms with E-state index in [0.29, 0.717) is 24.3 Å². The van der Waals surface area contributed by atoms with Crippen LogP contribution in [0.3, 0.4) is 0 Å². The summed E-state index contributed by atoms with van der Waals surface area (Å²) in [5.41, 5.74) is -18.6. The molecule has 1 N–H and O–H groups in total. The Labute approximate surface area is 286 Å². The molecule has 5 nitrogen and oxygen atoms in total. The summed E-state index contributed by atoms with van der Waals surface area (Å²) in [6.45, 7) is 0. The number of hydrogen-bond acceptors (Lipinski definition) is 5. The molecule has 0 atom stereocenters. The molecule has 18 heteroatoms. The Morgan fingerprint density at radius 3 is 1.12 bits per heavy atom. The molecule has 2 aliphatic rings. The van der Waals surface area contributed by atoms with E-state index in [1.807, 2.05) is 0 Å². The van der Waals surface area contributed by atoms with Gasteiger partial charge in [0, 0.05) is 0 Å². The Morgan fingerprint density at radius 2 is 0.827 bits per heavy atom. The molecule has 0 aliphatic carbocycles. The van der Waals surface area contributed by atoms with Gasteiger partial charge in [-0.3, -0.25) is 0 Å². The van der Waals surface area contributed by atoms with Crippen molar-refractivity contribution in [1.82, 2.24) is 0 Å². The van der Waals surface area contributed by atoms with Gasteiger partial charge in [0.05, 0.1) is 0 Å². The number of fused-ring (bicyclic) bond motifs is 4. The van der Waals surface area contributed by atoms with Crippen molar-refractivity contribution in [3.8, 4) is 11.5 Å². The van der Waals surface area contributed by atoms with Crippen molar-refractivity contribution in [2.45, 2.75) is 41.5 Å². The standard InChI is InChI=1S/C34H25F12O5P/c1-48-22-15-11-20(12-16-22)28(47,21-13-17-23(49-2)18-14-21)19-52(26-9-5-3-7-24(26)29(50-52,31(35,36)37)32(38,39)40)27-10-6-4-8-25(27)30(51-52,33(41,42)43)34(44,45)46/h3-18,47H,19H2,1-2H3. The summed E-state index contributed by atoms with van der Waals surface area (Å²) in [5.74, 6) is 0.243. The van der Waals surface area contributed by atoms with Crippen molar-refractivity contribution in [3.63, 3.8) is 0 Å². The predicted octanol–water partition coefficient (Wildman–Crippen LogP) is 8.67. The van der Waals surface area contributed by atoms with E-state index in [0.717, 1.165) is 36.4 Å². The Balaban J connectivity index is 1.85. The van der Waals surface area contributed by atoms with Crippen molar-refractivity contribution in [2.75, 3.05) is 20.4 Å². The van der Waals surface area contributed by atoms with E-state index in [1.54, 1.807) is 0 Å². The molecule has 6 rings (SSSR count). The van der Waals surface area contributed by atoms with Gasteiger partial charge in [0.15, 0.2) is 0 Å². The summed E-state index contributed by atoms with van der Waals surface area (Å²) in [6.07, 6.45) is -28.1. The Morgan fingerprint density at radius 1 is 0.519 bits per heavy atom. The summed E-state index contributed by atoms with van der Waals surface area (Å²) >= 11 is 0. The van der Waals surface area contributed by atoms with Gasteiger partial charge in [0.2, 0.25) is 0 Å². The van der Waals surface area contributed by atoms with Crippen LogP contribution in [0.5, 0.6) is 11.5 Å². The number of methoxy groups -OCH3 is 2. The normalized spacial score (nSPS) is 19.7. The summed E-state index contributed by atoms with van der Waals surface area (Å²) < 4.78 is 204. The van der Waals surface area contributed by atoms with Crippen LogP contribution in [0.25, 0.3) is 0 Å². The molecule has 52 heavy (non-hydrogen) atoms. The molecule has 280 valence electrons. The maximum atomic E-state index is 15.3. The minimum atomic E-state index is -7.36. The average molecular weight is 773 g/mol. The van der Waals surface area contributed by atoms with E-state index in [-0.39, 0.29) is 23.6 Å². The SMILES string of the molecule is COc1ccc(C(O)(CP23(OC(C(F)(F)F)(C(F)(F)F)c4ccccc42)OC(C(F)(F)F)(C(F)(F)F)c2ccccc23)c2ccc(OC)cc2)cc1. The van der Waals surface area contributed by atoms with E-state index in [2.05, 4.69) is 0 Å². The maximum absolute atomic E-state index is 15.3. The first-order valence-corrected chi connectivity index (χ1v) is 17.2. The first-order chi connectivity index (χ1) is 24.0. The first-order valence-electron chi connectivity index (χ1n) is 14.9. The number of aliphatic hydroxyl groups is 1. The van der Waals surface area contributed by atoms with E-state index >= 15 is 52.7 Å². The molecule has 4 aromatic rings. The zero-order valence-corrected chi connectivity index (χ0v) is 27.4. The van der Waals surface area contributed by atoms with Crippen LogP contribution >= 0.6 is 7.06 Å². The van der Waals surface area contributed by atoms with Crippen LogP contribution < -0.4 is 20.1 Å². The van der Waals surface area contributed by atoms with Gasteiger partial charge in [0.1, 0.15) is 0 Å². The van der Waals surface area contributed by atoms with E-state index in [1.165, 1.54) is 38.5 Å². The molecule has 0 saturated carbocycles. The third-order valence-corrected chi connectivity index (χ3v) is 14.5. The quantitative estimate of drug-likeness (QED) is 0.157. The zero-order valence-electron chi connectivity index (χ0n) is 26.5. The molecule has 2 aliphatic heterocycles. The topological polar surface area (TPSA) is 57.2 Å². The van der Waals surface area contributed by atoms with Gasteiger partial charge in [-0.25, -0.2) is 0 Å². The van der Waals surface area contributed by atoms with Gasteiger partial charge < -0.3 is 0 Å². The monoisotopic (exact) mass is 772 g/mol.